The molecule has 3 heterocycles. The lowest BCUT2D eigenvalue weighted by atomic mass is 9.75. The number of ether oxygens (including phenoxy) is 2. The third-order valence-electron chi connectivity index (χ3n) is 9.16. The molecular formula is C34H35F7N4O3S. The zero-order valence-corrected chi connectivity index (χ0v) is 27.4. The number of carbonyl (C=O) groups excluding carboxylic acids is 1. The highest BCUT2D eigenvalue weighted by Gasteiger charge is 2.50. The number of fused-ring (bicyclic) bond motifs is 1. The number of nitrogens with one attached hydrogen (secondary N) is 3. The van der Waals surface area contributed by atoms with Crippen molar-refractivity contribution in [2.75, 3.05) is 57.1 Å². The number of amides is 1. The van der Waals surface area contributed by atoms with E-state index in [1.165, 1.54) is 7.05 Å². The van der Waals surface area contributed by atoms with Gasteiger partial charge in [0.2, 0.25) is 0 Å². The van der Waals surface area contributed by atoms with Crippen molar-refractivity contribution < 1.29 is 45.0 Å². The van der Waals surface area contributed by atoms with E-state index in [-0.39, 0.29) is 28.7 Å². The fraction of sp³-hybridized carbons (Fsp3) is 0.500. The lowest BCUT2D eigenvalue weighted by Crippen LogP contribution is -2.68. The largest absolute Gasteiger partial charge is 0.482 e. The summed E-state index contributed by atoms with van der Waals surface area (Å²) in [6.45, 7) is 1.90. The molecule has 264 valence electrons. The summed E-state index contributed by atoms with van der Waals surface area (Å²) in [5, 5.41) is 8.88. The van der Waals surface area contributed by atoms with E-state index in [0.29, 0.717) is 21.5 Å². The Morgan fingerprint density at radius 2 is 1.80 bits per heavy atom. The number of benzene rings is 2. The first-order valence-corrected chi connectivity index (χ1v) is 16.7. The molecule has 0 bridgehead atoms. The number of rotatable bonds is 9. The molecule has 3 fully saturated rings. The molecule has 1 aromatic heterocycles. The monoisotopic (exact) mass is 712 g/mol. The zero-order chi connectivity index (χ0) is 35.0. The van der Waals surface area contributed by atoms with E-state index in [9.17, 15) is 35.5 Å². The number of likely N-dealkylation sites (tertiary alicyclic amines) is 1. The maximum Gasteiger partial charge on any atom is 0.422 e. The summed E-state index contributed by atoms with van der Waals surface area (Å²) in [6, 6.07) is 7.59. The Morgan fingerprint density at radius 1 is 1.06 bits per heavy atom. The minimum absolute atomic E-state index is 0.0363. The van der Waals surface area contributed by atoms with Crippen LogP contribution < -0.4 is 20.7 Å². The Balaban J connectivity index is 1.17. The molecule has 7 nitrogen and oxygen atoms in total. The van der Waals surface area contributed by atoms with Crippen molar-refractivity contribution >= 4 is 38.7 Å². The first-order valence-electron chi connectivity index (χ1n) is 15.9. The molecule has 2 aliphatic heterocycles. The zero-order valence-electron chi connectivity index (χ0n) is 26.5. The van der Waals surface area contributed by atoms with E-state index in [1.54, 1.807) is 12.1 Å². The Labute approximate surface area is 282 Å². The van der Waals surface area contributed by atoms with Gasteiger partial charge in [-0.25, -0.2) is 4.39 Å². The average molecular weight is 713 g/mol. The first-order chi connectivity index (χ1) is 23.2. The number of nitrogens with zero attached hydrogens (tertiary/aromatic N) is 1. The summed E-state index contributed by atoms with van der Waals surface area (Å²) in [7, 11) is 1.24. The minimum Gasteiger partial charge on any atom is -0.482 e. The van der Waals surface area contributed by atoms with Crippen molar-refractivity contribution in [1.29, 1.82) is 0 Å². The Hall–Kier alpha value is -3.74. The maximum atomic E-state index is 14.6. The standard InChI is InChI=1S/C34H35F7N4O3S/c1-42-31(46)23-12-28(48-19-34(39,40)41)27(13-25(23)35)43-11-3-6-29-24(14-33(36,37)38)22-4-2-5-26(30(22)49-29)44-20-7-9-21(10-8-20)45-15-32(16-45)17-47-18-32/h2,4-5,12-13,20-21,43-44H,7-11,14-19H2,1H3,(H,42,46). The summed E-state index contributed by atoms with van der Waals surface area (Å²) < 4.78 is 105. The fourth-order valence-corrected chi connectivity index (χ4v) is 7.93. The molecule has 2 saturated heterocycles. The second kappa shape index (κ2) is 13.9. The van der Waals surface area contributed by atoms with E-state index in [4.69, 9.17) is 9.47 Å². The highest BCUT2D eigenvalue weighted by Crippen LogP contribution is 2.43. The van der Waals surface area contributed by atoms with Gasteiger partial charge in [-0.05, 0) is 48.8 Å². The predicted octanol–water partition coefficient (Wildman–Crippen LogP) is 6.96. The van der Waals surface area contributed by atoms with E-state index in [0.717, 1.165) is 81.1 Å². The van der Waals surface area contributed by atoms with Crippen LogP contribution in [0, 0.1) is 23.1 Å². The molecule has 6 rings (SSSR count). The van der Waals surface area contributed by atoms with Crippen LogP contribution in [0.15, 0.2) is 30.3 Å². The van der Waals surface area contributed by atoms with Crippen molar-refractivity contribution in [1.82, 2.24) is 10.2 Å². The lowest BCUT2D eigenvalue weighted by Gasteiger charge is -2.58. The van der Waals surface area contributed by atoms with Gasteiger partial charge in [-0.1, -0.05) is 24.0 Å². The summed E-state index contributed by atoms with van der Waals surface area (Å²) in [5.74, 6) is 3.18. The highest BCUT2D eigenvalue weighted by atomic mass is 32.1. The van der Waals surface area contributed by atoms with Crippen LogP contribution in [0.25, 0.3) is 10.1 Å². The van der Waals surface area contributed by atoms with E-state index < -0.39 is 48.4 Å². The molecule has 0 unspecified atom stereocenters. The lowest BCUT2D eigenvalue weighted by molar-refractivity contribution is -0.200. The van der Waals surface area contributed by atoms with Gasteiger partial charge in [0, 0.05) is 43.7 Å². The molecule has 1 saturated carbocycles. The molecule has 1 spiro atoms. The Morgan fingerprint density at radius 3 is 2.43 bits per heavy atom. The normalized spacial score (nSPS) is 20.6. The molecule has 0 radical (unpaired) electrons. The maximum absolute atomic E-state index is 14.6. The number of thiophene rings is 1. The average Bonchev–Trinajstić information content (AvgIpc) is 3.34. The van der Waals surface area contributed by atoms with Crippen molar-refractivity contribution in [2.45, 2.75) is 56.5 Å². The molecule has 2 aromatic carbocycles. The van der Waals surface area contributed by atoms with E-state index in [1.807, 2.05) is 6.07 Å². The smallest absolute Gasteiger partial charge is 0.422 e. The van der Waals surface area contributed by atoms with Gasteiger partial charge < -0.3 is 25.4 Å². The van der Waals surface area contributed by atoms with Crippen molar-refractivity contribution in [3.8, 4) is 17.6 Å². The predicted molar refractivity (Wildman–Crippen MR) is 173 cm³/mol. The summed E-state index contributed by atoms with van der Waals surface area (Å²) in [6.07, 6.45) is -6.42. The summed E-state index contributed by atoms with van der Waals surface area (Å²) in [5.41, 5.74) is 0.411. The molecule has 3 aliphatic rings. The van der Waals surface area contributed by atoms with Crippen LogP contribution in [0.4, 0.5) is 42.1 Å². The quantitative estimate of drug-likeness (QED) is 0.165. The van der Waals surface area contributed by atoms with Gasteiger partial charge in [0.25, 0.3) is 5.91 Å². The molecule has 3 N–H and O–H groups in total. The van der Waals surface area contributed by atoms with Gasteiger partial charge in [-0.2, -0.15) is 26.3 Å². The summed E-state index contributed by atoms with van der Waals surface area (Å²) in [4.78, 5) is 14.7. The second-order valence-corrected chi connectivity index (χ2v) is 13.9. The molecule has 0 atom stereocenters. The van der Waals surface area contributed by atoms with Crippen molar-refractivity contribution in [3.05, 3.63) is 52.2 Å². The topological polar surface area (TPSA) is 74.9 Å². The molecule has 3 aromatic rings. The highest BCUT2D eigenvalue weighted by molar-refractivity contribution is 7.20. The van der Waals surface area contributed by atoms with E-state index in [2.05, 4.69) is 32.7 Å². The van der Waals surface area contributed by atoms with Crippen LogP contribution >= 0.6 is 11.3 Å². The van der Waals surface area contributed by atoms with Crippen LogP contribution in [0.5, 0.6) is 5.75 Å². The number of carbonyl (C=O) groups is 1. The van der Waals surface area contributed by atoms with E-state index >= 15 is 0 Å². The molecule has 49 heavy (non-hydrogen) atoms. The summed E-state index contributed by atoms with van der Waals surface area (Å²) >= 11 is 1.14. The van der Waals surface area contributed by atoms with Crippen LogP contribution in [-0.4, -0.2) is 81.7 Å². The number of hydrogen-bond donors (Lipinski definition) is 3. The van der Waals surface area contributed by atoms with Crippen LogP contribution in [0.3, 0.4) is 0 Å². The number of anilines is 2. The molecule has 15 heteroatoms. The molecule has 1 aliphatic carbocycles. The number of alkyl halides is 6. The Bertz CT molecular complexity index is 1740. The number of halogens is 7. The Kier molecular flexibility index (Phi) is 9.94. The van der Waals surface area contributed by atoms with Crippen molar-refractivity contribution in [3.63, 3.8) is 0 Å². The van der Waals surface area contributed by atoms with Gasteiger partial charge in [0.05, 0.1) is 52.7 Å². The second-order valence-electron chi connectivity index (χ2n) is 12.9. The van der Waals surface area contributed by atoms with Crippen LogP contribution in [-0.2, 0) is 11.2 Å². The van der Waals surface area contributed by atoms with Gasteiger partial charge in [-0.3, -0.25) is 9.69 Å². The van der Waals surface area contributed by atoms with Crippen LogP contribution in [0.2, 0.25) is 0 Å². The third-order valence-corrected chi connectivity index (χ3v) is 10.4. The van der Waals surface area contributed by atoms with Gasteiger partial charge in [0.15, 0.2) is 6.61 Å². The van der Waals surface area contributed by atoms with Gasteiger partial charge >= 0.3 is 12.4 Å². The number of hydrogen-bond acceptors (Lipinski definition) is 7. The first kappa shape index (κ1) is 35.1. The van der Waals surface area contributed by atoms with Crippen molar-refractivity contribution in [2.24, 2.45) is 5.41 Å². The molecular weight excluding hydrogens is 677 g/mol. The molecule has 1 amide bonds. The van der Waals surface area contributed by atoms with Gasteiger partial charge in [-0.15, -0.1) is 11.3 Å². The minimum atomic E-state index is -4.70. The SMILES string of the molecule is CNC(=O)c1cc(OCC(F)(F)F)c(NCC#Cc2sc3c(NC4CCC(N5CC6(COC6)C5)CC4)cccc3c2CC(F)(F)F)cc1F. The van der Waals surface area contributed by atoms with Crippen LogP contribution in [0.1, 0.15) is 46.5 Å². The fourth-order valence-electron chi connectivity index (χ4n) is 6.76. The third kappa shape index (κ3) is 8.19. The van der Waals surface area contributed by atoms with Gasteiger partial charge in [0.1, 0.15) is 11.6 Å².